The molecule has 0 aromatic carbocycles. The van der Waals surface area contributed by atoms with E-state index in [2.05, 4.69) is 0 Å². The number of hydrogen-bond donors (Lipinski definition) is 2. The Kier molecular flexibility index (Phi) is 4.52. The fourth-order valence-electron chi connectivity index (χ4n) is 1.28. The molecule has 0 aromatic heterocycles. The van der Waals surface area contributed by atoms with Crippen LogP contribution < -0.4 is 11.5 Å². The summed E-state index contributed by atoms with van der Waals surface area (Å²) in [4.78, 5) is 13.0. The number of carbonyl (C=O) groups excluding carboxylic acids is 1. The van der Waals surface area contributed by atoms with Gasteiger partial charge in [-0.15, -0.1) is 12.4 Å². The lowest BCUT2D eigenvalue weighted by atomic mass is 10.3. The van der Waals surface area contributed by atoms with Crippen LogP contribution in [0, 0.1) is 0 Å². The molecule has 0 radical (unpaired) electrons. The third kappa shape index (κ3) is 2.62. The van der Waals surface area contributed by atoms with Gasteiger partial charge in [0.25, 0.3) is 0 Å². The van der Waals surface area contributed by atoms with Gasteiger partial charge in [-0.1, -0.05) is 0 Å². The van der Waals surface area contributed by atoms with Gasteiger partial charge >= 0.3 is 0 Å². The number of hydrogen-bond acceptors (Lipinski definition) is 3. The van der Waals surface area contributed by atoms with Crippen molar-refractivity contribution in [2.75, 3.05) is 13.1 Å². The van der Waals surface area contributed by atoms with Gasteiger partial charge in [-0.25, -0.2) is 0 Å². The molecule has 0 bridgehead atoms. The molecule has 12 heavy (non-hydrogen) atoms. The van der Waals surface area contributed by atoms with Crippen molar-refractivity contribution in [3.63, 3.8) is 0 Å². The Morgan fingerprint density at radius 1 is 1.67 bits per heavy atom. The van der Waals surface area contributed by atoms with Crippen LogP contribution in [0.15, 0.2) is 0 Å². The minimum Gasteiger partial charge on any atom is -0.340 e. The van der Waals surface area contributed by atoms with E-state index in [-0.39, 0.29) is 30.4 Å². The zero-order valence-electron chi connectivity index (χ0n) is 7.19. The lowest BCUT2D eigenvalue weighted by molar-refractivity contribution is -0.131. The molecule has 1 aliphatic heterocycles. The van der Waals surface area contributed by atoms with Gasteiger partial charge in [0.1, 0.15) is 0 Å². The Morgan fingerprint density at radius 3 is 2.58 bits per heavy atom. The minimum atomic E-state index is -0.389. The summed E-state index contributed by atoms with van der Waals surface area (Å²) in [6.07, 6.45) is 0.901. The van der Waals surface area contributed by atoms with Crippen molar-refractivity contribution in [2.24, 2.45) is 11.5 Å². The number of halogens is 1. The Bertz CT molecular complexity index is 163. The highest BCUT2D eigenvalue weighted by molar-refractivity contribution is 5.85. The van der Waals surface area contributed by atoms with Gasteiger partial charge in [0.05, 0.1) is 6.04 Å². The van der Waals surface area contributed by atoms with Gasteiger partial charge < -0.3 is 16.4 Å². The van der Waals surface area contributed by atoms with Gasteiger partial charge in [-0.2, -0.15) is 0 Å². The van der Waals surface area contributed by atoms with Crippen LogP contribution in [0.1, 0.15) is 13.3 Å². The molecule has 5 heteroatoms. The largest absolute Gasteiger partial charge is 0.340 e. The molecule has 1 fully saturated rings. The second-order valence-electron chi connectivity index (χ2n) is 3.12. The Labute approximate surface area is 78.7 Å². The highest BCUT2D eigenvalue weighted by Crippen LogP contribution is 2.07. The second kappa shape index (κ2) is 4.64. The maximum atomic E-state index is 11.2. The van der Waals surface area contributed by atoms with Crippen molar-refractivity contribution in [3.05, 3.63) is 0 Å². The molecule has 0 aromatic rings. The highest BCUT2D eigenvalue weighted by Gasteiger charge is 2.24. The average Bonchev–Trinajstić information content (AvgIpc) is 2.34. The number of amides is 1. The van der Waals surface area contributed by atoms with E-state index in [9.17, 15) is 4.79 Å². The predicted octanol–water partition coefficient (Wildman–Crippen LogP) is -0.685. The van der Waals surface area contributed by atoms with E-state index in [0.717, 1.165) is 13.0 Å². The zero-order chi connectivity index (χ0) is 8.43. The molecule has 1 amide bonds. The first-order chi connectivity index (χ1) is 5.11. The van der Waals surface area contributed by atoms with Crippen LogP contribution in [0.25, 0.3) is 0 Å². The van der Waals surface area contributed by atoms with Gasteiger partial charge in [0.15, 0.2) is 0 Å². The van der Waals surface area contributed by atoms with Crippen molar-refractivity contribution in [3.8, 4) is 0 Å². The Hall–Kier alpha value is -0.320. The lowest BCUT2D eigenvalue weighted by Crippen LogP contribution is -2.41. The summed E-state index contributed by atoms with van der Waals surface area (Å²) < 4.78 is 0. The van der Waals surface area contributed by atoms with E-state index in [0.29, 0.717) is 6.54 Å². The van der Waals surface area contributed by atoms with E-state index >= 15 is 0 Å². The Balaban J connectivity index is 0.00000121. The molecule has 1 aliphatic rings. The fraction of sp³-hybridized carbons (Fsp3) is 0.857. The molecule has 1 rings (SSSR count). The summed E-state index contributed by atoms with van der Waals surface area (Å²) >= 11 is 0. The lowest BCUT2D eigenvalue weighted by Gasteiger charge is -2.17. The molecular formula is C7H16ClN3O. The van der Waals surface area contributed by atoms with Crippen LogP contribution in [0.4, 0.5) is 0 Å². The summed E-state index contributed by atoms with van der Waals surface area (Å²) in [5, 5.41) is 0. The maximum absolute atomic E-state index is 11.2. The van der Waals surface area contributed by atoms with E-state index in [1.807, 2.05) is 0 Å². The quantitative estimate of drug-likeness (QED) is 0.580. The first kappa shape index (κ1) is 11.7. The van der Waals surface area contributed by atoms with Crippen LogP contribution in [0.3, 0.4) is 0 Å². The van der Waals surface area contributed by atoms with Crippen molar-refractivity contribution >= 4 is 18.3 Å². The maximum Gasteiger partial charge on any atom is 0.239 e. The standard InChI is InChI=1S/C7H15N3O.ClH/c1-5(8)7(11)10-3-2-6(9)4-10;/h5-6H,2-4,8-9H2,1H3;1H/t5-,6+;/m0./s1. The smallest absolute Gasteiger partial charge is 0.239 e. The normalized spacial score (nSPS) is 24.9. The molecule has 1 heterocycles. The minimum absolute atomic E-state index is 0. The predicted molar refractivity (Wildman–Crippen MR) is 50.1 cm³/mol. The van der Waals surface area contributed by atoms with Crippen molar-refractivity contribution in [1.29, 1.82) is 0 Å². The van der Waals surface area contributed by atoms with E-state index < -0.39 is 0 Å². The third-order valence-electron chi connectivity index (χ3n) is 1.93. The monoisotopic (exact) mass is 193 g/mol. The summed E-state index contributed by atoms with van der Waals surface area (Å²) in [5.74, 6) is 0.0120. The van der Waals surface area contributed by atoms with Crippen LogP contribution >= 0.6 is 12.4 Å². The van der Waals surface area contributed by atoms with Gasteiger partial charge in [0, 0.05) is 19.1 Å². The summed E-state index contributed by atoms with van der Waals surface area (Å²) in [5.41, 5.74) is 11.1. The topological polar surface area (TPSA) is 72.4 Å². The molecule has 4 N–H and O–H groups in total. The van der Waals surface area contributed by atoms with Crippen LogP contribution in [0.2, 0.25) is 0 Å². The van der Waals surface area contributed by atoms with Crippen molar-refractivity contribution in [2.45, 2.75) is 25.4 Å². The fourth-order valence-corrected chi connectivity index (χ4v) is 1.28. The van der Waals surface area contributed by atoms with Gasteiger partial charge in [0.2, 0.25) is 5.91 Å². The first-order valence-corrected chi connectivity index (χ1v) is 3.91. The van der Waals surface area contributed by atoms with Crippen LogP contribution in [-0.2, 0) is 4.79 Å². The average molecular weight is 194 g/mol. The van der Waals surface area contributed by atoms with E-state index in [1.54, 1.807) is 11.8 Å². The van der Waals surface area contributed by atoms with Crippen molar-refractivity contribution < 1.29 is 4.79 Å². The molecular weight excluding hydrogens is 178 g/mol. The number of nitrogens with zero attached hydrogens (tertiary/aromatic N) is 1. The van der Waals surface area contributed by atoms with E-state index in [1.165, 1.54) is 0 Å². The summed E-state index contributed by atoms with van der Waals surface area (Å²) in [6, 6.07) is -0.238. The number of carbonyl (C=O) groups is 1. The molecule has 0 spiro atoms. The van der Waals surface area contributed by atoms with Crippen LogP contribution in [-0.4, -0.2) is 36.0 Å². The van der Waals surface area contributed by atoms with Crippen molar-refractivity contribution in [1.82, 2.24) is 4.90 Å². The highest BCUT2D eigenvalue weighted by atomic mass is 35.5. The second-order valence-corrected chi connectivity index (χ2v) is 3.12. The molecule has 0 saturated carbocycles. The molecule has 72 valence electrons. The summed E-state index contributed by atoms with van der Waals surface area (Å²) in [7, 11) is 0. The van der Waals surface area contributed by atoms with Gasteiger partial charge in [-0.3, -0.25) is 4.79 Å². The third-order valence-corrected chi connectivity index (χ3v) is 1.93. The Morgan fingerprint density at radius 2 is 2.25 bits per heavy atom. The van der Waals surface area contributed by atoms with Gasteiger partial charge in [-0.05, 0) is 13.3 Å². The number of likely N-dealkylation sites (tertiary alicyclic amines) is 1. The number of nitrogens with two attached hydrogens (primary N) is 2. The molecule has 2 atom stereocenters. The van der Waals surface area contributed by atoms with E-state index in [4.69, 9.17) is 11.5 Å². The summed E-state index contributed by atoms with van der Waals surface area (Å²) in [6.45, 7) is 3.13. The van der Waals surface area contributed by atoms with Crippen LogP contribution in [0.5, 0.6) is 0 Å². The molecule has 0 unspecified atom stereocenters. The molecule has 1 saturated heterocycles. The molecule has 4 nitrogen and oxygen atoms in total. The number of rotatable bonds is 1. The SMILES string of the molecule is C[C@H](N)C(=O)N1CC[C@@H](N)C1.Cl. The first-order valence-electron chi connectivity index (χ1n) is 3.91. The molecule has 0 aliphatic carbocycles. The zero-order valence-corrected chi connectivity index (χ0v) is 8.01.